The van der Waals surface area contributed by atoms with Crippen molar-refractivity contribution in [3.05, 3.63) is 23.9 Å². The van der Waals surface area contributed by atoms with Crippen molar-refractivity contribution >= 4 is 22.9 Å². The summed E-state index contributed by atoms with van der Waals surface area (Å²) in [4.78, 5) is 24.9. The van der Waals surface area contributed by atoms with E-state index in [1.54, 1.807) is 4.90 Å². The molecule has 0 bridgehead atoms. The second-order valence-corrected chi connectivity index (χ2v) is 8.51. The molecule has 3 N–H and O–H groups in total. The molecule has 6 heteroatoms. The first kappa shape index (κ1) is 17.0. The molecule has 5 rings (SSSR count). The molecule has 0 radical (unpaired) electrons. The van der Waals surface area contributed by atoms with E-state index in [0.29, 0.717) is 11.7 Å². The van der Waals surface area contributed by atoms with Crippen LogP contribution in [0, 0.1) is 0 Å². The number of fused-ring (bicyclic) bond motifs is 2. The van der Waals surface area contributed by atoms with Crippen molar-refractivity contribution in [3.8, 4) is 0 Å². The lowest BCUT2D eigenvalue weighted by Gasteiger charge is -2.34. The second kappa shape index (κ2) is 6.82. The van der Waals surface area contributed by atoms with Gasteiger partial charge in [0.1, 0.15) is 5.82 Å². The molecule has 3 aliphatic rings. The van der Waals surface area contributed by atoms with Crippen molar-refractivity contribution in [2.75, 3.05) is 18.0 Å². The van der Waals surface area contributed by atoms with Gasteiger partial charge in [-0.15, -0.1) is 0 Å². The number of nitrogens with two attached hydrogens (primary N) is 1. The summed E-state index contributed by atoms with van der Waals surface area (Å²) in [5, 5.41) is 0. The largest absolute Gasteiger partial charge is 0.360 e. The number of amides is 2. The van der Waals surface area contributed by atoms with E-state index >= 15 is 0 Å². The Morgan fingerprint density at radius 3 is 2.81 bits per heavy atom. The van der Waals surface area contributed by atoms with Crippen LogP contribution in [0.15, 0.2) is 18.3 Å². The molecule has 2 aromatic rings. The van der Waals surface area contributed by atoms with Gasteiger partial charge in [-0.05, 0) is 75.2 Å². The molecule has 6 nitrogen and oxygen atoms in total. The van der Waals surface area contributed by atoms with E-state index in [1.807, 2.05) is 6.07 Å². The fraction of sp³-hybridized carbons (Fsp3) is 0.619. The maximum atomic E-state index is 12.2. The number of anilines is 1. The van der Waals surface area contributed by atoms with Gasteiger partial charge in [0.2, 0.25) is 0 Å². The summed E-state index contributed by atoms with van der Waals surface area (Å²) < 4.78 is 0. The molecule has 2 amide bonds. The normalized spacial score (nSPS) is 26.5. The minimum absolute atomic E-state index is 0.191. The standard InChI is InChI=1S/C21H29N5O/c22-21(27)26(15-4-1-2-5-15)19-8-7-18-20(24-19)17(13-23-18)14-9-11-25-10-3-6-16(25)12-14/h7-8,13-16,23H,1-6,9-12H2,(H2,22,27). The van der Waals surface area contributed by atoms with Gasteiger partial charge in [0.05, 0.1) is 11.0 Å². The summed E-state index contributed by atoms with van der Waals surface area (Å²) in [6.45, 7) is 2.46. The minimum atomic E-state index is -0.384. The monoisotopic (exact) mass is 367 g/mol. The Morgan fingerprint density at radius 1 is 1.15 bits per heavy atom. The van der Waals surface area contributed by atoms with Crippen LogP contribution in [0.1, 0.15) is 62.8 Å². The van der Waals surface area contributed by atoms with Crippen molar-refractivity contribution in [2.24, 2.45) is 5.73 Å². The summed E-state index contributed by atoms with van der Waals surface area (Å²) in [6.07, 6.45) is 11.6. The van der Waals surface area contributed by atoms with Crippen LogP contribution >= 0.6 is 0 Å². The van der Waals surface area contributed by atoms with Crippen molar-refractivity contribution in [2.45, 2.75) is 69.4 Å². The fourth-order valence-corrected chi connectivity index (χ4v) is 5.60. The van der Waals surface area contributed by atoms with E-state index in [2.05, 4.69) is 22.1 Å². The van der Waals surface area contributed by atoms with Crippen LogP contribution in [-0.2, 0) is 0 Å². The number of H-pyrrole nitrogens is 1. The van der Waals surface area contributed by atoms with Crippen molar-refractivity contribution in [3.63, 3.8) is 0 Å². The molecule has 2 aromatic heterocycles. The number of carbonyl (C=O) groups excluding carboxylic acids is 1. The van der Waals surface area contributed by atoms with Crippen LogP contribution in [-0.4, -0.2) is 46.1 Å². The smallest absolute Gasteiger partial charge is 0.320 e. The number of nitrogens with one attached hydrogen (secondary N) is 1. The maximum Gasteiger partial charge on any atom is 0.320 e. The number of carbonyl (C=O) groups is 1. The highest BCUT2D eigenvalue weighted by molar-refractivity contribution is 5.92. The molecule has 0 spiro atoms. The van der Waals surface area contributed by atoms with Crippen LogP contribution in [0.4, 0.5) is 10.6 Å². The first-order valence-electron chi connectivity index (χ1n) is 10.5. The lowest BCUT2D eigenvalue weighted by atomic mass is 9.86. The molecule has 2 saturated heterocycles. The highest BCUT2D eigenvalue weighted by Gasteiger charge is 2.34. The number of hydrogen-bond acceptors (Lipinski definition) is 3. The molecule has 3 fully saturated rings. The molecule has 1 saturated carbocycles. The summed E-state index contributed by atoms with van der Waals surface area (Å²) in [6, 6.07) is 4.53. The Bertz CT molecular complexity index is 840. The number of primary amides is 1. The van der Waals surface area contributed by atoms with E-state index < -0.39 is 0 Å². The second-order valence-electron chi connectivity index (χ2n) is 8.51. The van der Waals surface area contributed by atoms with Gasteiger partial charge in [0.25, 0.3) is 0 Å². The Balaban J connectivity index is 1.48. The molecule has 27 heavy (non-hydrogen) atoms. The zero-order valence-corrected chi connectivity index (χ0v) is 15.9. The maximum absolute atomic E-state index is 12.2. The summed E-state index contributed by atoms with van der Waals surface area (Å²) >= 11 is 0. The van der Waals surface area contributed by atoms with Gasteiger partial charge in [-0.25, -0.2) is 9.78 Å². The third-order valence-electron chi connectivity index (χ3n) is 6.97. The SMILES string of the molecule is NC(=O)N(c1ccc2[nH]cc(C3CCN4CCCC4C3)c2n1)C1CCCC1. The molecule has 144 valence electrons. The number of piperidine rings is 1. The van der Waals surface area contributed by atoms with Gasteiger partial charge in [-0.3, -0.25) is 4.90 Å². The Hall–Kier alpha value is -2.08. The van der Waals surface area contributed by atoms with Gasteiger partial charge in [-0.2, -0.15) is 0 Å². The molecular formula is C21H29N5O. The fourth-order valence-electron chi connectivity index (χ4n) is 5.60. The van der Waals surface area contributed by atoms with Gasteiger partial charge >= 0.3 is 6.03 Å². The Kier molecular flexibility index (Phi) is 4.31. The van der Waals surface area contributed by atoms with Crippen molar-refractivity contribution in [1.29, 1.82) is 0 Å². The number of pyridine rings is 1. The van der Waals surface area contributed by atoms with Crippen LogP contribution in [0.2, 0.25) is 0 Å². The lowest BCUT2D eigenvalue weighted by Crippen LogP contribution is -2.43. The number of rotatable bonds is 3. The predicted octanol–water partition coefficient (Wildman–Crippen LogP) is 3.73. The minimum Gasteiger partial charge on any atom is -0.360 e. The van der Waals surface area contributed by atoms with Crippen LogP contribution in [0.3, 0.4) is 0 Å². The van der Waals surface area contributed by atoms with E-state index in [0.717, 1.165) is 42.8 Å². The van der Waals surface area contributed by atoms with Gasteiger partial charge in [0, 0.05) is 18.3 Å². The molecule has 0 aromatic carbocycles. The van der Waals surface area contributed by atoms with Gasteiger partial charge in [0.15, 0.2) is 0 Å². The zero-order chi connectivity index (χ0) is 18.4. The molecule has 2 atom stereocenters. The summed E-state index contributed by atoms with van der Waals surface area (Å²) in [5.41, 5.74) is 9.13. The van der Waals surface area contributed by atoms with Crippen molar-refractivity contribution in [1.82, 2.24) is 14.9 Å². The predicted molar refractivity (Wildman–Crippen MR) is 107 cm³/mol. The zero-order valence-electron chi connectivity index (χ0n) is 15.9. The average Bonchev–Trinajstić information content (AvgIpc) is 3.41. The van der Waals surface area contributed by atoms with Gasteiger partial charge in [-0.1, -0.05) is 12.8 Å². The quantitative estimate of drug-likeness (QED) is 0.867. The third-order valence-corrected chi connectivity index (χ3v) is 6.97. The molecule has 2 unspecified atom stereocenters. The van der Waals surface area contributed by atoms with E-state index in [1.165, 1.54) is 44.3 Å². The Morgan fingerprint density at radius 2 is 2.00 bits per heavy atom. The van der Waals surface area contributed by atoms with E-state index in [4.69, 9.17) is 10.7 Å². The first-order valence-corrected chi connectivity index (χ1v) is 10.5. The highest BCUT2D eigenvalue weighted by Crippen LogP contribution is 2.39. The number of aromatic amines is 1. The number of urea groups is 1. The molecular weight excluding hydrogens is 338 g/mol. The number of hydrogen-bond donors (Lipinski definition) is 2. The van der Waals surface area contributed by atoms with Crippen molar-refractivity contribution < 1.29 is 4.79 Å². The molecule has 4 heterocycles. The van der Waals surface area contributed by atoms with Crippen LogP contribution in [0.25, 0.3) is 11.0 Å². The number of nitrogens with zero attached hydrogens (tertiary/aromatic N) is 3. The topological polar surface area (TPSA) is 78.2 Å². The van der Waals surface area contributed by atoms with Crippen LogP contribution in [0.5, 0.6) is 0 Å². The lowest BCUT2D eigenvalue weighted by molar-refractivity contribution is 0.181. The summed E-state index contributed by atoms with van der Waals surface area (Å²) in [7, 11) is 0. The van der Waals surface area contributed by atoms with Gasteiger partial charge < -0.3 is 15.6 Å². The average molecular weight is 367 g/mol. The summed E-state index contributed by atoms with van der Waals surface area (Å²) in [5.74, 6) is 1.26. The highest BCUT2D eigenvalue weighted by atomic mass is 16.2. The molecule has 1 aliphatic carbocycles. The third kappa shape index (κ3) is 3.00. The van der Waals surface area contributed by atoms with Crippen LogP contribution < -0.4 is 10.6 Å². The number of aromatic nitrogens is 2. The Labute approximate surface area is 160 Å². The van der Waals surface area contributed by atoms with E-state index in [9.17, 15) is 4.79 Å². The first-order chi connectivity index (χ1) is 13.2. The molecule has 2 aliphatic heterocycles. The van der Waals surface area contributed by atoms with E-state index in [-0.39, 0.29) is 12.1 Å².